The Morgan fingerprint density at radius 3 is 2.78 bits per heavy atom. The van der Waals surface area contributed by atoms with E-state index >= 15 is 0 Å². The second-order valence-electron chi connectivity index (χ2n) is 6.75. The minimum Gasteiger partial charge on any atom is -0.545 e. The van der Waals surface area contributed by atoms with Gasteiger partial charge < -0.3 is 20.0 Å². The Morgan fingerprint density at radius 1 is 1.26 bits per heavy atom. The van der Waals surface area contributed by atoms with Crippen molar-refractivity contribution in [1.29, 1.82) is 0 Å². The maximum absolute atomic E-state index is 11.4. The van der Waals surface area contributed by atoms with E-state index < -0.39 is 10.9 Å². The number of allylic oxidation sites excluding steroid dienone is 2. The van der Waals surface area contributed by atoms with Crippen molar-refractivity contribution in [2.75, 3.05) is 12.4 Å². The van der Waals surface area contributed by atoms with Crippen LogP contribution in [0.2, 0.25) is 0 Å². The summed E-state index contributed by atoms with van der Waals surface area (Å²) in [6, 6.07) is 9.75. The summed E-state index contributed by atoms with van der Waals surface area (Å²) in [7, 11) is 1.41. The van der Waals surface area contributed by atoms with Crippen LogP contribution in [0.5, 0.6) is 5.75 Å². The van der Waals surface area contributed by atoms with Crippen LogP contribution in [-0.4, -0.2) is 18.0 Å². The van der Waals surface area contributed by atoms with Crippen molar-refractivity contribution in [2.45, 2.75) is 18.4 Å². The Morgan fingerprint density at radius 2 is 2.07 bits per heavy atom. The Bertz CT molecular complexity index is 969. The molecular formula is C20H17N2O5-. The average molecular weight is 365 g/mol. The fraction of sp³-hybridized carbons (Fsp3) is 0.250. The third kappa shape index (κ3) is 2.81. The summed E-state index contributed by atoms with van der Waals surface area (Å²) in [5, 5.41) is 26.0. The third-order valence-electron chi connectivity index (χ3n) is 5.36. The van der Waals surface area contributed by atoms with Crippen molar-refractivity contribution in [3.8, 4) is 5.75 Å². The molecule has 0 saturated carbocycles. The summed E-state index contributed by atoms with van der Waals surface area (Å²) in [5.74, 6) is -0.793. The fourth-order valence-corrected chi connectivity index (χ4v) is 4.09. The van der Waals surface area contributed by atoms with Crippen molar-refractivity contribution in [2.24, 2.45) is 5.92 Å². The van der Waals surface area contributed by atoms with E-state index in [1.54, 1.807) is 24.3 Å². The van der Waals surface area contributed by atoms with E-state index in [1.807, 2.05) is 6.07 Å². The maximum Gasteiger partial charge on any atom is 0.311 e. The van der Waals surface area contributed by atoms with Gasteiger partial charge in [0.15, 0.2) is 5.75 Å². The lowest BCUT2D eigenvalue weighted by molar-refractivity contribution is -0.385. The number of nitrogens with one attached hydrogen (secondary N) is 1. The van der Waals surface area contributed by atoms with Crippen LogP contribution in [0, 0.1) is 16.0 Å². The molecule has 1 aliphatic heterocycles. The van der Waals surface area contributed by atoms with Crippen LogP contribution in [0.25, 0.3) is 0 Å². The molecule has 0 bridgehead atoms. The smallest absolute Gasteiger partial charge is 0.311 e. The molecule has 1 aliphatic carbocycles. The predicted octanol–water partition coefficient (Wildman–Crippen LogP) is 2.79. The quantitative estimate of drug-likeness (QED) is 0.507. The number of hydrogen-bond acceptors (Lipinski definition) is 6. The van der Waals surface area contributed by atoms with E-state index in [0.29, 0.717) is 0 Å². The van der Waals surface area contributed by atoms with E-state index in [1.165, 1.54) is 13.2 Å². The number of fused-ring (bicyclic) bond motifs is 3. The zero-order valence-electron chi connectivity index (χ0n) is 14.5. The van der Waals surface area contributed by atoms with Crippen LogP contribution in [0.1, 0.15) is 39.9 Å². The molecule has 1 N–H and O–H groups in total. The Kier molecular flexibility index (Phi) is 4.07. The molecule has 0 amide bonds. The number of rotatable bonds is 4. The summed E-state index contributed by atoms with van der Waals surface area (Å²) >= 11 is 0. The normalized spacial score (nSPS) is 22.5. The number of ether oxygens (including phenoxy) is 1. The van der Waals surface area contributed by atoms with Gasteiger partial charge in [-0.15, -0.1) is 0 Å². The highest BCUT2D eigenvalue weighted by molar-refractivity contribution is 5.87. The van der Waals surface area contributed by atoms with Gasteiger partial charge in [0.1, 0.15) is 0 Å². The highest BCUT2D eigenvalue weighted by Gasteiger charge is 2.38. The molecule has 1 heterocycles. The van der Waals surface area contributed by atoms with Gasteiger partial charge in [-0.2, -0.15) is 0 Å². The molecule has 0 unspecified atom stereocenters. The minimum atomic E-state index is -1.20. The van der Waals surface area contributed by atoms with Gasteiger partial charge in [-0.05, 0) is 47.2 Å². The number of nitrogens with zero attached hydrogens (tertiary/aromatic N) is 1. The van der Waals surface area contributed by atoms with E-state index in [-0.39, 0.29) is 34.9 Å². The zero-order valence-corrected chi connectivity index (χ0v) is 14.5. The van der Waals surface area contributed by atoms with E-state index in [2.05, 4.69) is 17.5 Å². The monoisotopic (exact) mass is 365 g/mol. The highest BCUT2D eigenvalue weighted by atomic mass is 16.6. The number of carbonyl (C=O) groups excluding carboxylic acids is 1. The van der Waals surface area contributed by atoms with E-state index in [4.69, 9.17) is 4.74 Å². The van der Waals surface area contributed by atoms with Gasteiger partial charge in [0.2, 0.25) is 0 Å². The Labute approximate surface area is 155 Å². The molecule has 27 heavy (non-hydrogen) atoms. The molecule has 0 spiro atoms. The molecular weight excluding hydrogens is 348 g/mol. The first-order valence-corrected chi connectivity index (χ1v) is 8.60. The molecule has 0 saturated heterocycles. The summed E-state index contributed by atoms with van der Waals surface area (Å²) in [6.45, 7) is 0. The maximum atomic E-state index is 11.4. The molecule has 7 nitrogen and oxygen atoms in total. The number of anilines is 1. The van der Waals surface area contributed by atoms with Gasteiger partial charge in [0.25, 0.3) is 0 Å². The van der Waals surface area contributed by atoms with Crippen molar-refractivity contribution >= 4 is 17.3 Å². The molecule has 138 valence electrons. The van der Waals surface area contributed by atoms with Crippen LogP contribution in [0.4, 0.5) is 11.4 Å². The topological polar surface area (TPSA) is 105 Å². The Hall–Kier alpha value is -3.35. The molecule has 2 aliphatic rings. The van der Waals surface area contributed by atoms with Gasteiger partial charge in [0, 0.05) is 17.7 Å². The number of methoxy groups -OCH3 is 1. The summed E-state index contributed by atoms with van der Waals surface area (Å²) in [4.78, 5) is 22.1. The first kappa shape index (κ1) is 17.1. The van der Waals surface area contributed by atoms with Crippen LogP contribution in [0.3, 0.4) is 0 Å². The molecule has 2 aromatic carbocycles. The number of aromatic carboxylic acids is 1. The van der Waals surface area contributed by atoms with Crippen LogP contribution >= 0.6 is 0 Å². The number of hydrogen-bond donors (Lipinski definition) is 1. The van der Waals surface area contributed by atoms with Gasteiger partial charge in [-0.1, -0.05) is 24.3 Å². The second kappa shape index (κ2) is 6.42. The number of benzene rings is 2. The standard InChI is InChI=1S/C20H18N2O5/c1-27-18-8-6-11(10-17(18)22(25)26)19-14-4-2-3-13(14)15-9-12(20(23)24)5-7-16(15)21-19/h2-3,5-10,13-14,19,21H,4H2,1H3,(H,23,24)/p-1/t13-,14-,19-/m0/s1. The summed E-state index contributed by atoms with van der Waals surface area (Å²) < 4.78 is 5.09. The largest absolute Gasteiger partial charge is 0.545 e. The number of carboxylic acids is 1. The molecule has 0 aromatic heterocycles. The molecule has 2 aromatic rings. The van der Waals surface area contributed by atoms with Gasteiger partial charge >= 0.3 is 5.69 Å². The van der Waals surface area contributed by atoms with Crippen LogP contribution < -0.4 is 15.2 Å². The first-order valence-electron chi connectivity index (χ1n) is 8.60. The van der Waals surface area contributed by atoms with Gasteiger partial charge in [-0.3, -0.25) is 10.1 Å². The number of nitro groups is 1. The lowest BCUT2D eigenvalue weighted by atomic mass is 9.76. The second-order valence-corrected chi connectivity index (χ2v) is 6.75. The van der Waals surface area contributed by atoms with Crippen LogP contribution in [0.15, 0.2) is 48.6 Å². The number of carboxylic acid groups (broad SMARTS) is 1. The molecule has 0 radical (unpaired) electrons. The zero-order chi connectivity index (χ0) is 19.1. The van der Waals surface area contributed by atoms with Crippen LogP contribution in [-0.2, 0) is 0 Å². The van der Waals surface area contributed by atoms with Gasteiger partial charge in [0.05, 0.1) is 24.0 Å². The summed E-state index contributed by atoms with van der Waals surface area (Å²) in [6.07, 6.45) is 4.95. The molecule has 0 fully saturated rings. The van der Waals surface area contributed by atoms with Gasteiger partial charge in [-0.25, -0.2) is 0 Å². The van der Waals surface area contributed by atoms with E-state index in [0.717, 1.165) is 23.2 Å². The van der Waals surface area contributed by atoms with Crippen molar-refractivity contribution in [1.82, 2.24) is 0 Å². The predicted molar refractivity (Wildman–Crippen MR) is 96.8 cm³/mol. The average Bonchev–Trinajstić information content (AvgIpc) is 3.16. The minimum absolute atomic E-state index is 0.0479. The lowest BCUT2D eigenvalue weighted by Gasteiger charge is -2.37. The summed E-state index contributed by atoms with van der Waals surface area (Å²) in [5.41, 5.74) is 2.62. The first-order chi connectivity index (χ1) is 13.0. The molecule has 4 rings (SSSR count). The number of carbonyl (C=O) groups is 1. The number of nitro benzene ring substituents is 1. The molecule has 7 heteroatoms. The highest BCUT2D eigenvalue weighted by Crippen LogP contribution is 2.50. The van der Waals surface area contributed by atoms with Crippen molar-refractivity contribution in [3.05, 3.63) is 75.4 Å². The van der Waals surface area contributed by atoms with Crippen molar-refractivity contribution < 1.29 is 19.6 Å². The van der Waals surface area contributed by atoms with E-state index in [9.17, 15) is 20.0 Å². The third-order valence-corrected chi connectivity index (χ3v) is 5.36. The molecule has 3 atom stereocenters. The Balaban J connectivity index is 1.77. The van der Waals surface area contributed by atoms with Crippen molar-refractivity contribution in [3.63, 3.8) is 0 Å². The SMILES string of the molecule is COc1ccc([C@@H]2Nc3ccc(C(=O)[O-])cc3[C@H]3C=CC[C@@H]32)cc1[N+](=O)[O-]. The fourth-order valence-electron chi connectivity index (χ4n) is 4.09. The lowest BCUT2D eigenvalue weighted by Crippen LogP contribution is -2.30.